The van der Waals surface area contributed by atoms with E-state index in [4.69, 9.17) is 26.7 Å². The Morgan fingerprint density at radius 3 is 1.85 bits per heavy atom. The Morgan fingerprint density at radius 1 is 1.15 bits per heavy atom. The Bertz CT molecular complexity index is 154. The van der Waals surface area contributed by atoms with Gasteiger partial charge in [0.2, 0.25) is 0 Å². The summed E-state index contributed by atoms with van der Waals surface area (Å²) in [5, 5.41) is 0. The van der Waals surface area contributed by atoms with Crippen molar-refractivity contribution >= 4 is 0 Å². The van der Waals surface area contributed by atoms with Gasteiger partial charge in [0.05, 0.1) is 6.61 Å². The molecule has 0 aromatic rings. The summed E-state index contributed by atoms with van der Waals surface area (Å²) in [5.74, 6) is 0. The van der Waals surface area contributed by atoms with Crippen LogP contribution < -0.4 is 17.2 Å². The lowest BCUT2D eigenvalue weighted by Gasteiger charge is -2.42. The summed E-state index contributed by atoms with van der Waals surface area (Å²) in [6.07, 6.45) is -0.419. The van der Waals surface area contributed by atoms with Crippen molar-refractivity contribution in [2.24, 2.45) is 17.2 Å². The standard InChI is InChI=1S/C8H21N3O2/c1-7(2,9)8(10,11)6(13-4)5-12-3/h6H,5,9-11H2,1-4H3/t6-/m1/s1. The third-order valence-electron chi connectivity index (χ3n) is 2.25. The maximum atomic E-state index is 5.88. The zero-order chi connectivity index (χ0) is 10.7. The van der Waals surface area contributed by atoms with Crippen LogP contribution in [0.25, 0.3) is 0 Å². The van der Waals surface area contributed by atoms with E-state index in [9.17, 15) is 0 Å². The van der Waals surface area contributed by atoms with E-state index in [-0.39, 0.29) is 0 Å². The van der Waals surface area contributed by atoms with Crippen LogP contribution in [0.4, 0.5) is 0 Å². The van der Waals surface area contributed by atoms with Gasteiger partial charge in [-0.25, -0.2) is 0 Å². The summed E-state index contributed by atoms with van der Waals surface area (Å²) in [7, 11) is 3.09. The monoisotopic (exact) mass is 191 g/mol. The number of hydrogen-bond acceptors (Lipinski definition) is 5. The molecule has 6 N–H and O–H groups in total. The van der Waals surface area contributed by atoms with Gasteiger partial charge in [0.25, 0.3) is 0 Å². The molecule has 0 heterocycles. The van der Waals surface area contributed by atoms with E-state index in [2.05, 4.69) is 0 Å². The lowest BCUT2D eigenvalue weighted by atomic mass is 9.85. The molecule has 1 atom stereocenters. The van der Waals surface area contributed by atoms with E-state index in [1.807, 2.05) is 0 Å². The molecule has 13 heavy (non-hydrogen) atoms. The summed E-state index contributed by atoms with van der Waals surface area (Å²) in [6, 6.07) is 0. The first-order chi connectivity index (χ1) is 5.77. The molecule has 0 amide bonds. The zero-order valence-corrected chi connectivity index (χ0v) is 8.83. The van der Waals surface area contributed by atoms with Crippen molar-refractivity contribution in [2.75, 3.05) is 20.8 Å². The topological polar surface area (TPSA) is 96.5 Å². The summed E-state index contributed by atoms with van der Waals surface area (Å²) < 4.78 is 10.1. The van der Waals surface area contributed by atoms with Crippen molar-refractivity contribution in [3.05, 3.63) is 0 Å². The minimum absolute atomic E-state index is 0.324. The Balaban J connectivity index is 4.56. The van der Waals surface area contributed by atoms with Gasteiger partial charge >= 0.3 is 0 Å². The maximum Gasteiger partial charge on any atom is 0.113 e. The van der Waals surface area contributed by atoms with Gasteiger partial charge in [0.15, 0.2) is 0 Å². The quantitative estimate of drug-likeness (QED) is 0.484. The third kappa shape index (κ3) is 2.89. The molecular weight excluding hydrogens is 170 g/mol. The third-order valence-corrected chi connectivity index (χ3v) is 2.25. The van der Waals surface area contributed by atoms with E-state index in [0.29, 0.717) is 6.61 Å². The molecule has 0 aliphatic carbocycles. The van der Waals surface area contributed by atoms with Crippen LogP contribution in [0.2, 0.25) is 0 Å². The van der Waals surface area contributed by atoms with Gasteiger partial charge in [-0.3, -0.25) is 0 Å². The minimum Gasteiger partial charge on any atom is -0.382 e. The second kappa shape index (κ2) is 4.34. The normalized spacial score (nSPS) is 15.9. The number of rotatable bonds is 5. The van der Waals surface area contributed by atoms with Crippen LogP contribution in [0.1, 0.15) is 13.8 Å². The Kier molecular flexibility index (Phi) is 4.28. The van der Waals surface area contributed by atoms with Crippen LogP contribution >= 0.6 is 0 Å². The minimum atomic E-state index is -1.11. The second-order valence-corrected chi connectivity index (χ2v) is 3.83. The molecule has 0 saturated carbocycles. The van der Waals surface area contributed by atoms with Crippen molar-refractivity contribution < 1.29 is 9.47 Å². The van der Waals surface area contributed by atoms with E-state index < -0.39 is 17.3 Å². The summed E-state index contributed by atoms with van der Waals surface area (Å²) in [5.41, 5.74) is 15.8. The number of hydrogen-bond donors (Lipinski definition) is 3. The van der Waals surface area contributed by atoms with Gasteiger partial charge in [-0.05, 0) is 13.8 Å². The summed E-state index contributed by atoms with van der Waals surface area (Å²) in [6.45, 7) is 3.84. The van der Waals surface area contributed by atoms with E-state index >= 15 is 0 Å². The van der Waals surface area contributed by atoms with Crippen molar-refractivity contribution in [3.8, 4) is 0 Å². The predicted octanol–water partition coefficient (Wildman–Crippen LogP) is -1.00. The van der Waals surface area contributed by atoms with Crippen molar-refractivity contribution in [2.45, 2.75) is 31.2 Å². The molecule has 0 rings (SSSR count). The van der Waals surface area contributed by atoms with Gasteiger partial charge in [0.1, 0.15) is 11.8 Å². The molecule has 5 heteroatoms. The highest BCUT2D eigenvalue weighted by molar-refractivity contribution is 5.02. The van der Waals surface area contributed by atoms with Gasteiger partial charge in [-0.15, -0.1) is 0 Å². The SMILES string of the molecule is COC[C@@H](OC)C(N)(N)C(C)(C)N. The first-order valence-corrected chi connectivity index (χ1v) is 4.15. The van der Waals surface area contributed by atoms with E-state index in [1.165, 1.54) is 7.11 Å². The highest BCUT2D eigenvalue weighted by Gasteiger charge is 2.42. The van der Waals surface area contributed by atoms with Crippen molar-refractivity contribution in [3.63, 3.8) is 0 Å². The molecule has 0 fully saturated rings. The molecule has 0 radical (unpaired) electrons. The Labute approximate surface area is 79.5 Å². The zero-order valence-electron chi connectivity index (χ0n) is 8.83. The number of methoxy groups -OCH3 is 2. The highest BCUT2D eigenvalue weighted by Crippen LogP contribution is 2.17. The lowest BCUT2D eigenvalue weighted by Crippen LogP contribution is -2.75. The van der Waals surface area contributed by atoms with Crippen LogP contribution in [-0.2, 0) is 9.47 Å². The van der Waals surface area contributed by atoms with Gasteiger partial charge in [-0.2, -0.15) is 0 Å². The Morgan fingerprint density at radius 2 is 1.62 bits per heavy atom. The molecule has 5 nitrogen and oxygen atoms in total. The van der Waals surface area contributed by atoms with E-state index in [0.717, 1.165) is 0 Å². The number of nitrogens with two attached hydrogens (primary N) is 3. The predicted molar refractivity (Wildman–Crippen MR) is 52.0 cm³/mol. The summed E-state index contributed by atoms with van der Waals surface area (Å²) in [4.78, 5) is 0. The van der Waals surface area contributed by atoms with Crippen LogP contribution in [0.15, 0.2) is 0 Å². The first-order valence-electron chi connectivity index (χ1n) is 4.15. The Hall–Kier alpha value is -0.200. The molecule has 80 valence electrons. The lowest BCUT2D eigenvalue weighted by molar-refractivity contribution is -0.0390. The molecule has 0 unspecified atom stereocenters. The van der Waals surface area contributed by atoms with Crippen molar-refractivity contribution in [1.29, 1.82) is 0 Å². The van der Waals surface area contributed by atoms with Gasteiger partial charge in [-0.1, -0.05) is 0 Å². The average Bonchev–Trinajstić information content (AvgIpc) is 1.97. The van der Waals surface area contributed by atoms with Crippen LogP contribution in [0.5, 0.6) is 0 Å². The van der Waals surface area contributed by atoms with Crippen molar-refractivity contribution in [1.82, 2.24) is 0 Å². The fourth-order valence-electron chi connectivity index (χ4n) is 0.967. The highest BCUT2D eigenvalue weighted by atomic mass is 16.5. The fourth-order valence-corrected chi connectivity index (χ4v) is 0.967. The molecule has 0 aliphatic rings. The molecule has 0 aromatic heterocycles. The van der Waals surface area contributed by atoms with E-state index in [1.54, 1.807) is 21.0 Å². The molecule has 0 aromatic carbocycles. The maximum absolute atomic E-state index is 5.88. The van der Waals surface area contributed by atoms with Crippen LogP contribution in [0.3, 0.4) is 0 Å². The molecular formula is C8H21N3O2. The smallest absolute Gasteiger partial charge is 0.113 e. The van der Waals surface area contributed by atoms with Crippen LogP contribution in [-0.4, -0.2) is 38.1 Å². The second-order valence-electron chi connectivity index (χ2n) is 3.83. The molecule has 0 bridgehead atoms. The molecule has 0 aliphatic heterocycles. The van der Waals surface area contributed by atoms with Crippen LogP contribution in [0, 0.1) is 0 Å². The van der Waals surface area contributed by atoms with Gasteiger partial charge in [0, 0.05) is 19.8 Å². The summed E-state index contributed by atoms with van der Waals surface area (Å²) >= 11 is 0. The largest absolute Gasteiger partial charge is 0.382 e. The van der Waals surface area contributed by atoms with Gasteiger partial charge < -0.3 is 26.7 Å². The molecule has 0 spiro atoms. The number of ether oxygens (including phenoxy) is 2. The fraction of sp³-hybridized carbons (Fsp3) is 1.00. The first kappa shape index (κ1) is 12.8. The molecule has 0 saturated heterocycles. The average molecular weight is 191 g/mol.